The van der Waals surface area contributed by atoms with Gasteiger partial charge in [-0.25, -0.2) is 0 Å². The molecule has 1 aliphatic heterocycles. The molecule has 0 spiro atoms. The van der Waals surface area contributed by atoms with Crippen LogP contribution in [0.4, 0.5) is 5.69 Å². The fraction of sp³-hybridized carbons (Fsp3) is 0.167. The lowest BCUT2D eigenvalue weighted by Gasteiger charge is -2.31. The number of aryl methyl sites for hydroxylation is 1. The molecule has 0 radical (unpaired) electrons. The molecule has 6 nitrogen and oxygen atoms in total. The summed E-state index contributed by atoms with van der Waals surface area (Å²) in [7, 11) is 0. The number of fused-ring (bicyclic) bond motifs is 1. The van der Waals surface area contributed by atoms with Crippen LogP contribution >= 0.6 is 0 Å². The molecule has 180 valence electrons. The second-order valence-electron chi connectivity index (χ2n) is 9.01. The van der Waals surface area contributed by atoms with Crippen LogP contribution in [0.3, 0.4) is 0 Å². The number of nitrogens with two attached hydrogens (primary N) is 1. The number of hydrogen-bond acceptors (Lipinski definition) is 4. The summed E-state index contributed by atoms with van der Waals surface area (Å²) in [5.41, 5.74) is 13.1. The molecule has 0 unspecified atom stereocenters. The number of anilines is 1. The molecule has 0 aliphatic carbocycles. The molecule has 36 heavy (non-hydrogen) atoms. The van der Waals surface area contributed by atoms with E-state index in [4.69, 9.17) is 5.73 Å². The molecule has 4 aromatic rings. The van der Waals surface area contributed by atoms with E-state index in [1.807, 2.05) is 54.6 Å². The highest BCUT2D eigenvalue weighted by Gasteiger charge is 2.19. The largest absolute Gasteiger partial charge is 0.367 e. The van der Waals surface area contributed by atoms with Crippen molar-refractivity contribution in [2.45, 2.75) is 25.9 Å². The highest BCUT2D eigenvalue weighted by molar-refractivity contribution is 5.99. The molecule has 2 amide bonds. The van der Waals surface area contributed by atoms with Gasteiger partial charge in [0.2, 0.25) is 5.91 Å². The molecule has 6 heteroatoms. The van der Waals surface area contributed by atoms with E-state index in [1.54, 1.807) is 18.5 Å². The lowest BCUT2D eigenvalue weighted by molar-refractivity contribution is 0.0949. The van der Waals surface area contributed by atoms with Crippen molar-refractivity contribution in [3.63, 3.8) is 0 Å². The Morgan fingerprint density at radius 2 is 1.69 bits per heavy atom. The molecule has 1 aromatic heterocycles. The number of hydrogen-bond donors (Lipinski definition) is 2. The first-order chi connectivity index (χ1) is 17.6. The maximum absolute atomic E-state index is 12.7. The predicted octanol–water partition coefficient (Wildman–Crippen LogP) is 4.73. The summed E-state index contributed by atoms with van der Waals surface area (Å²) in [5, 5.41) is 2.99. The second-order valence-corrected chi connectivity index (χ2v) is 9.01. The minimum absolute atomic E-state index is 0.0708. The molecular weight excluding hydrogens is 448 g/mol. The van der Waals surface area contributed by atoms with E-state index in [0.29, 0.717) is 17.7 Å². The number of nitrogens with zero attached hydrogens (tertiary/aromatic N) is 2. The summed E-state index contributed by atoms with van der Waals surface area (Å²) < 4.78 is 0. The summed E-state index contributed by atoms with van der Waals surface area (Å²) in [5.74, 6) is -0.497. The van der Waals surface area contributed by atoms with Gasteiger partial charge < -0.3 is 16.0 Å². The molecule has 0 fully saturated rings. The van der Waals surface area contributed by atoms with Crippen molar-refractivity contribution in [1.29, 1.82) is 0 Å². The Kier molecular flexibility index (Phi) is 6.76. The number of pyridine rings is 1. The summed E-state index contributed by atoms with van der Waals surface area (Å²) in [6, 6.07) is 25.5. The molecular formula is C30H28N4O2. The molecule has 0 saturated heterocycles. The first-order valence-corrected chi connectivity index (χ1v) is 12.1. The maximum Gasteiger partial charge on any atom is 0.251 e. The summed E-state index contributed by atoms with van der Waals surface area (Å²) in [6.07, 6.45) is 5.45. The number of benzene rings is 3. The molecule has 0 saturated carbocycles. The topological polar surface area (TPSA) is 88.3 Å². The van der Waals surface area contributed by atoms with Gasteiger partial charge in [0.25, 0.3) is 5.91 Å². The van der Waals surface area contributed by atoms with Crippen molar-refractivity contribution >= 4 is 17.5 Å². The van der Waals surface area contributed by atoms with Crippen LogP contribution in [-0.4, -0.2) is 23.3 Å². The van der Waals surface area contributed by atoms with Crippen LogP contribution in [0.1, 0.15) is 43.8 Å². The van der Waals surface area contributed by atoms with Crippen molar-refractivity contribution in [3.8, 4) is 11.1 Å². The van der Waals surface area contributed by atoms with E-state index in [-0.39, 0.29) is 5.91 Å². The summed E-state index contributed by atoms with van der Waals surface area (Å²) in [6.45, 7) is 2.22. The minimum atomic E-state index is -0.426. The highest BCUT2D eigenvalue weighted by atomic mass is 16.2. The first kappa shape index (κ1) is 23.3. The van der Waals surface area contributed by atoms with Gasteiger partial charge in [-0.15, -0.1) is 0 Å². The minimum Gasteiger partial charge on any atom is -0.367 e. The zero-order valence-corrected chi connectivity index (χ0v) is 20.0. The molecule has 3 aromatic carbocycles. The molecule has 0 bridgehead atoms. The Morgan fingerprint density at radius 3 is 2.47 bits per heavy atom. The third-order valence-electron chi connectivity index (χ3n) is 6.59. The Hall–Kier alpha value is -4.45. The van der Waals surface area contributed by atoms with Gasteiger partial charge in [-0.3, -0.25) is 14.6 Å². The van der Waals surface area contributed by atoms with Crippen LogP contribution in [0.5, 0.6) is 0 Å². The number of aromatic nitrogens is 1. The average Bonchev–Trinajstić information content (AvgIpc) is 2.92. The monoisotopic (exact) mass is 476 g/mol. The van der Waals surface area contributed by atoms with Crippen molar-refractivity contribution < 1.29 is 9.59 Å². The molecule has 3 N–H and O–H groups in total. The SMILES string of the molecule is NC(=O)c1ccccc1-c1ccc(CN2CCCc3cc(C(=O)NCc4ccncc4)ccc32)cc1. The van der Waals surface area contributed by atoms with Crippen LogP contribution in [-0.2, 0) is 19.5 Å². The lowest BCUT2D eigenvalue weighted by atomic mass is 9.97. The van der Waals surface area contributed by atoms with Crippen LogP contribution in [0.25, 0.3) is 11.1 Å². The zero-order chi connectivity index (χ0) is 24.9. The van der Waals surface area contributed by atoms with Gasteiger partial charge in [0.1, 0.15) is 0 Å². The summed E-state index contributed by atoms with van der Waals surface area (Å²) >= 11 is 0. The van der Waals surface area contributed by atoms with Crippen molar-refractivity contribution in [2.24, 2.45) is 5.73 Å². The number of amides is 2. The Bertz CT molecular complexity index is 1380. The number of carbonyl (C=O) groups is 2. The van der Waals surface area contributed by atoms with E-state index < -0.39 is 5.91 Å². The summed E-state index contributed by atoms with van der Waals surface area (Å²) in [4.78, 5) is 30.9. The van der Waals surface area contributed by atoms with Gasteiger partial charge >= 0.3 is 0 Å². The highest BCUT2D eigenvalue weighted by Crippen LogP contribution is 2.30. The number of primary amides is 1. The second kappa shape index (κ2) is 10.4. The fourth-order valence-electron chi connectivity index (χ4n) is 4.73. The smallest absolute Gasteiger partial charge is 0.251 e. The fourth-order valence-corrected chi connectivity index (χ4v) is 4.73. The maximum atomic E-state index is 12.7. The molecule has 2 heterocycles. The Balaban J connectivity index is 1.28. The van der Waals surface area contributed by atoms with Gasteiger partial charge in [0, 0.05) is 48.8 Å². The number of rotatable bonds is 7. The number of carbonyl (C=O) groups excluding carboxylic acids is 2. The van der Waals surface area contributed by atoms with E-state index >= 15 is 0 Å². The van der Waals surface area contributed by atoms with Gasteiger partial charge in [-0.1, -0.05) is 42.5 Å². The third-order valence-corrected chi connectivity index (χ3v) is 6.59. The molecule has 1 aliphatic rings. The van der Waals surface area contributed by atoms with Gasteiger partial charge in [-0.2, -0.15) is 0 Å². The van der Waals surface area contributed by atoms with Crippen molar-refractivity contribution in [1.82, 2.24) is 10.3 Å². The van der Waals surface area contributed by atoms with E-state index in [1.165, 1.54) is 16.8 Å². The lowest BCUT2D eigenvalue weighted by Crippen LogP contribution is -2.29. The van der Waals surface area contributed by atoms with Gasteiger partial charge in [0.05, 0.1) is 0 Å². The van der Waals surface area contributed by atoms with Crippen molar-refractivity contribution in [2.75, 3.05) is 11.4 Å². The standard InChI is InChI=1S/C30H28N4O2/c31-29(35)27-6-2-1-5-26(27)23-9-7-22(8-10-23)20-34-17-3-4-24-18-25(11-12-28(24)34)30(36)33-19-21-13-15-32-16-14-21/h1-2,5-16,18H,3-4,17,19-20H2,(H2,31,35)(H,33,36). The Morgan fingerprint density at radius 1 is 0.917 bits per heavy atom. The molecule has 5 rings (SSSR count). The van der Waals surface area contributed by atoms with Crippen LogP contribution in [0.2, 0.25) is 0 Å². The van der Waals surface area contributed by atoms with E-state index in [0.717, 1.165) is 42.6 Å². The third kappa shape index (κ3) is 5.13. The average molecular weight is 477 g/mol. The van der Waals surface area contributed by atoms with Crippen LogP contribution < -0.4 is 16.0 Å². The van der Waals surface area contributed by atoms with Crippen LogP contribution in [0, 0.1) is 0 Å². The van der Waals surface area contributed by atoms with Gasteiger partial charge in [-0.05, 0) is 77.1 Å². The normalized spacial score (nSPS) is 12.6. The van der Waals surface area contributed by atoms with Gasteiger partial charge in [0.15, 0.2) is 0 Å². The van der Waals surface area contributed by atoms with E-state index in [2.05, 4.69) is 33.4 Å². The quantitative estimate of drug-likeness (QED) is 0.404. The first-order valence-electron chi connectivity index (χ1n) is 12.1. The van der Waals surface area contributed by atoms with Crippen LogP contribution in [0.15, 0.2) is 91.3 Å². The zero-order valence-electron chi connectivity index (χ0n) is 20.0. The molecule has 0 atom stereocenters. The van der Waals surface area contributed by atoms with E-state index in [9.17, 15) is 9.59 Å². The number of nitrogens with one attached hydrogen (secondary N) is 1. The predicted molar refractivity (Wildman–Crippen MR) is 142 cm³/mol. The Labute approximate surface area is 210 Å². The van der Waals surface area contributed by atoms with Crippen molar-refractivity contribution in [3.05, 3.63) is 119 Å².